The van der Waals surface area contributed by atoms with Crippen LogP contribution in [0.4, 0.5) is 5.69 Å². The zero-order valence-corrected chi connectivity index (χ0v) is 24.1. The molecule has 2 aromatic rings. The van der Waals surface area contributed by atoms with E-state index in [2.05, 4.69) is 28.2 Å². The van der Waals surface area contributed by atoms with E-state index < -0.39 is 18.3 Å². The van der Waals surface area contributed by atoms with Crippen LogP contribution in [0.25, 0.3) is 0 Å². The van der Waals surface area contributed by atoms with Crippen LogP contribution in [0.1, 0.15) is 80.2 Å². The van der Waals surface area contributed by atoms with Crippen molar-refractivity contribution in [3.63, 3.8) is 0 Å². The largest absolute Gasteiger partial charge is 0.494 e. The van der Waals surface area contributed by atoms with E-state index in [1.807, 2.05) is 60.6 Å². The average Bonchev–Trinajstić information content (AvgIpc) is 3.07. The van der Waals surface area contributed by atoms with Crippen molar-refractivity contribution < 1.29 is 18.8 Å². The highest BCUT2D eigenvalue weighted by atomic mass is 16.7. The third kappa shape index (κ3) is 5.56. The van der Waals surface area contributed by atoms with Crippen molar-refractivity contribution in [1.29, 1.82) is 0 Å². The van der Waals surface area contributed by atoms with E-state index in [4.69, 9.17) is 14.0 Å². The van der Waals surface area contributed by atoms with Gasteiger partial charge in [0.25, 0.3) is 11.5 Å². The van der Waals surface area contributed by atoms with Crippen LogP contribution < -0.4 is 21.2 Å². The van der Waals surface area contributed by atoms with Gasteiger partial charge in [0, 0.05) is 54.9 Å². The van der Waals surface area contributed by atoms with Crippen molar-refractivity contribution in [1.82, 2.24) is 10.3 Å². The number of aryl methyl sites for hydroxylation is 2. The Hall–Kier alpha value is -2.62. The van der Waals surface area contributed by atoms with Gasteiger partial charge >= 0.3 is 7.12 Å². The molecule has 0 bridgehead atoms. The number of ether oxygens (including phenoxy) is 1. The zero-order valence-electron chi connectivity index (χ0n) is 24.1. The van der Waals surface area contributed by atoms with E-state index in [1.165, 1.54) is 0 Å². The Bertz CT molecular complexity index is 1230. The Morgan fingerprint density at radius 2 is 1.71 bits per heavy atom. The maximum Gasteiger partial charge on any atom is 0.494 e. The van der Waals surface area contributed by atoms with Crippen LogP contribution >= 0.6 is 0 Å². The molecule has 38 heavy (non-hydrogen) atoms. The van der Waals surface area contributed by atoms with Crippen LogP contribution in [0.2, 0.25) is 0 Å². The molecule has 0 unspecified atom stereocenters. The molecule has 0 aliphatic carbocycles. The van der Waals surface area contributed by atoms with Crippen molar-refractivity contribution in [2.45, 2.75) is 92.0 Å². The first-order valence-electron chi connectivity index (χ1n) is 13.7. The second-order valence-corrected chi connectivity index (χ2v) is 11.6. The molecule has 1 aromatic heterocycles. The Balaban J connectivity index is 1.72. The quantitative estimate of drug-likeness (QED) is 0.540. The molecule has 0 saturated carbocycles. The molecular formula is C29H42BN3O5. The van der Waals surface area contributed by atoms with Crippen LogP contribution in [-0.2, 0) is 20.6 Å². The van der Waals surface area contributed by atoms with Gasteiger partial charge in [-0.1, -0.05) is 0 Å². The lowest BCUT2D eigenvalue weighted by molar-refractivity contribution is 0.00578. The normalized spacial score (nSPS) is 19.0. The minimum absolute atomic E-state index is 0.146. The third-order valence-electron chi connectivity index (χ3n) is 8.37. The summed E-state index contributed by atoms with van der Waals surface area (Å²) in [5.41, 5.74) is 4.29. The van der Waals surface area contributed by atoms with Crippen molar-refractivity contribution in [3.05, 3.63) is 56.5 Å². The van der Waals surface area contributed by atoms with Gasteiger partial charge in [0.1, 0.15) is 0 Å². The standard InChI is InChI=1S/C29H42BN3O5/c1-9-33(22-10-12-36-13-11-22)25-16-21(30-37-28(5,6)29(7,8)38-30)15-23(20(25)4)26(34)31-17-24-18(2)14-19(3)32-27(24)35/h14-16,22H,9-13,17H2,1-8H3,(H,31,34)(H,32,35). The first-order chi connectivity index (χ1) is 17.8. The molecule has 0 atom stereocenters. The van der Waals surface area contributed by atoms with Crippen LogP contribution in [0.15, 0.2) is 23.0 Å². The number of nitrogens with one attached hydrogen (secondary N) is 2. The number of carbonyl (C=O) groups excluding carboxylic acids is 1. The van der Waals surface area contributed by atoms with Gasteiger partial charge in [-0.15, -0.1) is 0 Å². The summed E-state index contributed by atoms with van der Waals surface area (Å²) in [5.74, 6) is -0.232. The van der Waals surface area contributed by atoms with Gasteiger partial charge in [0.05, 0.1) is 11.2 Å². The summed E-state index contributed by atoms with van der Waals surface area (Å²) in [4.78, 5) is 31.4. The molecule has 4 rings (SSSR count). The number of hydrogen-bond donors (Lipinski definition) is 2. The van der Waals surface area contributed by atoms with Crippen molar-refractivity contribution in [2.24, 2.45) is 0 Å². The Labute approximate surface area is 226 Å². The lowest BCUT2D eigenvalue weighted by Gasteiger charge is -2.37. The Morgan fingerprint density at radius 1 is 1.08 bits per heavy atom. The number of rotatable bonds is 7. The third-order valence-corrected chi connectivity index (χ3v) is 8.37. The minimum atomic E-state index is -0.596. The molecule has 2 fully saturated rings. The van der Waals surface area contributed by atoms with Gasteiger partial charge in [-0.25, -0.2) is 0 Å². The van der Waals surface area contributed by atoms with Crippen molar-refractivity contribution in [3.8, 4) is 0 Å². The highest BCUT2D eigenvalue weighted by Gasteiger charge is 2.52. The smallest absolute Gasteiger partial charge is 0.399 e. The summed E-state index contributed by atoms with van der Waals surface area (Å²) in [5, 5.41) is 2.99. The molecule has 1 aromatic carbocycles. The van der Waals surface area contributed by atoms with Gasteiger partial charge in [0.2, 0.25) is 0 Å². The van der Waals surface area contributed by atoms with Crippen molar-refractivity contribution in [2.75, 3.05) is 24.7 Å². The highest BCUT2D eigenvalue weighted by molar-refractivity contribution is 6.62. The van der Waals surface area contributed by atoms with Gasteiger partial charge in [-0.05, 0) is 103 Å². The fraction of sp³-hybridized carbons (Fsp3) is 0.586. The topological polar surface area (TPSA) is 92.9 Å². The van der Waals surface area contributed by atoms with Gasteiger partial charge in [-0.3, -0.25) is 9.59 Å². The minimum Gasteiger partial charge on any atom is -0.399 e. The highest BCUT2D eigenvalue weighted by Crippen LogP contribution is 2.37. The van der Waals surface area contributed by atoms with E-state index in [9.17, 15) is 9.59 Å². The number of aromatic nitrogens is 1. The molecule has 206 valence electrons. The maximum absolute atomic E-state index is 13.6. The van der Waals surface area contributed by atoms with E-state index in [0.29, 0.717) is 17.2 Å². The number of aromatic amines is 1. The van der Waals surface area contributed by atoms with Crippen LogP contribution in [0, 0.1) is 20.8 Å². The van der Waals surface area contributed by atoms with Gasteiger partial charge in [0.15, 0.2) is 0 Å². The molecule has 8 nitrogen and oxygen atoms in total. The number of H-pyrrole nitrogens is 1. The summed E-state index contributed by atoms with van der Waals surface area (Å²) in [7, 11) is -0.596. The lowest BCUT2D eigenvalue weighted by atomic mass is 9.77. The Morgan fingerprint density at radius 3 is 2.29 bits per heavy atom. The number of nitrogens with zero attached hydrogens (tertiary/aromatic N) is 1. The molecule has 2 aliphatic heterocycles. The van der Waals surface area contributed by atoms with E-state index in [-0.39, 0.29) is 18.0 Å². The lowest BCUT2D eigenvalue weighted by Crippen LogP contribution is -2.42. The number of anilines is 1. The summed E-state index contributed by atoms with van der Waals surface area (Å²) >= 11 is 0. The molecule has 0 spiro atoms. The first kappa shape index (κ1) is 28.4. The fourth-order valence-corrected chi connectivity index (χ4v) is 5.36. The maximum atomic E-state index is 13.6. The molecule has 2 saturated heterocycles. The average molecular weight is 523 g/mol. The summed E-state index contributed by atoms with van der Waals surface area (Å²) in [6.07, 6.45) is 1.87. The molecule has 2 aliphatic rings. The molecular weight excluding hydrogens is 481 g/mol. The SMILES string of the molecule is CCN(c1cc(B2OC(C)(C)C(C)(C)O2)cc(C(=O)NCc2c(C)cc(C)[nH]c2=O)c1C)C1CCOCC1. The molecule has 9 heteroatoms. The zero-order chi connectivity index (χ0) is 27.8. The number of pyridine rings is 1. The fourth-order valence-electron chi connectivity index (χ4n) is 5.36. The first-order valence-corrected chi connectivity index (χ1v) is 13.7. The second-order valence-electron chi connectivity index (χ2n) is 11.6. The molecule has 0 radical (unpaired) electrons. The van der Waals surface area contributed by atoms with Crippen molar-refractivity contribution >= 4 is 24.2 Å². The van der Waals surface area contributed by atoms with E-state index in [1.54, 1.807) is 0 Å². The summed E-state index contributed by atoms with van der Waals surface area (Å²) in [6, 6.07) is 6.23. The molecule has 3 heterocycles. The number of carbonyl (C=O) groups is 1. The van der Waals surface area contributed by atoms with Crippen LogP contribution in [-0.4, -0.2) is 55.0 Å². The molecule has 1 amide bonds. The second kappa shape index (κ2) is 10.9. The monoisotopic (exact) mass is 523 g/mol. The predicted molar refractivity (Wildman–Crippen MR) is 151 cm³/mol. The summed E-state index contributed by atoms with van der Waals surface area (Å²) in [6.45, 7) is 18.4. The van der Waals surface area contributed by atoms with E-state index in [0.717, 1.165) is 60.6 Å². The Kier molecular flexibility index (Phi) is 8.12. The van der Waals surface area contributed by atoms with Crippen LogP contribution in [0.3, 0.4) is 0 Å². The number of benzene rings is 1. The van der Waals surface area contributed by atoms with E-state index >= 15 is 0 Å². The van der Waals surface area contributed by atoms with Crippen LogP contribution in [0.5, 0.6) is 0 Å². The van der Waals surface area contributed by atoms with Gasteiger partial charge < -0.3 is 29.2 Å². The molecule has 2 N–H and O–H groups in total. The number of amides is 1. The van der Waals surface area contributed by atoms with Gasteiger partial charge in [-0.2, -0.15) is 0 Å². The predicted octanol–water partition coefficient (Wildman–Crippen LogP) is 3.53. The summed E-state index contributed by atoms with van der Waals surface area (Å²) < 4.78 is 18.4. The number of hydrogen-bond acceptors (Lipinski definition) is 6.